The number of nitrogens with zero attached hydrogens (tertiary/aromatic N) is 1. The molecule has 4 nitrogen and oxygen atoms in total. The van der Waals surface area contributed by atoms with E-state index in [2.05, 4.69) is 13.8 Å². The third kappa shape index (κ3) is 2.10. The molecule has 0 spiro atoms. The topological polar surface area (TPSA) is 57.6 Å². The van der Waals surface area contributed by atoms with Crippen LogP contribution >= 0.6 is 0 Å². The molecule has 1 heterocycles. The van der Waals surface area contributed by atoms with Gasteiger partial charge in [-0.2, -0.15) is 0 Å². The van der Waals surface area contributed by atoms with Gasteiger partial charge in [-0.3, -0.25) is 0 Å². The molecule has 5 heteroatoms. The van der Waals surface area contributed by atoms with E-state index in [-0.39, 0.29) is 6.61 Å². The SMILES string of the molecule is CC1CN(S(=O)(=O)C(C)CO)CC1C. The third-order valence-corrected chi connectivity index (χ3v) is 5.26. The van der Waals surface area contributed by atoms with Crippen molar-refractivity contribution >= 4 is 10.0 Å². The molecular formula is C9H19NO3S. The van der Waals surface area contributed by atoms with Crippen molar-refractivity contribution in [3.63, 3.8) is 0 Å². The minimum atomic E-state index is -3.27. The maximum atomic E-state index is 11.8. The summed E-state index contributed by atoms with van der Waals surface area (Å²) in [6, 6.07) is 0. The average Bonchev–Trinajstić information content (AvgIpc) is 2.46. The molecular weight excluding hydrogens is 202 g/mol. The van der Waals surface area contributed by atoms with Crippen LogP contribution in [0.15, 0.2) is 0 Å². The van der Waals surface area contributed by atoms with E-state index in [0.29, 0.717) is 24.9 Å². The zero-order chi connectivity index (χ0) is 10.9. The molecule has 0 aliphatic carbocycles. The standard InChI is InChI=1S/C9H19NO3S/c1-7-4-10(5-8(7)2)14(12,13)9(3)6-11/h7-9,11H,4-6H2,1-3H3. The molecule has 1 aliphatic heterocycles. The first kappa shape index (κ1) is 11.9. The van der Waals surface area contributed by atoms with Gasteiger partial charge in [0, 0.05) is 13.1 Å². The van der Waals surface area contributed by atoms with Gasteiger partial charge in [0.25, 0.3) is 0 Å². The van der Waals surface area contributed by atoms with E-state index in [1.165, 1.54) is 4.31 Å². The van der Waals surface area contributed by atoms with Gasteiger partial charge < -0.3 is 5.11 Å². The van der Waals surface area contributed by atoms with Crippen LogP contribution in [0.25, 0.3) is 0 Å². The van der Waals surface area contributed by atoms with Crippen LogP contribution in [0, 0.1) is 11.8 Å². The Kier molecular flexibility index (Phi) is 3.55. The first-order valence-corrected chi connectivity index (χ1v) is 6.49. The van der Waals surface area contributed by atoms with Gasteiger partial charge in [0.15, 0.2) is 0 Å². The molecule has 0 saturated carbocycles. The fourth-order valence-corrected chi connectivity index (χ4v) is 3.22. The molecule has 0 bridgehead atoms. The van der Waals surface area contributed by atoms with Crippen molar-refractivity contribution in [3.05, 3.63) is 0 Å². The van der Waals surface area contributed by atoms with Crippen molar-refractivity contribution in [1.82, 2.24) is 4.31 Å². The Balaban J connectivity index is 2.76. The molecule has 1 aliphatic rings. The lowest BCUT2D eigenvalue weighted by Crippen LogP contribution is -2.37. The molecule has 1 saturated heterocycles. The largest absolute Gasteiger partial charge is 0.395 e. The van der Waals surface area contributed by atoms with Crippen LogP contribution in [0.1, 0.15) is 20.8 Å². The van der Waals surface area contributed by atoms with Crippen LogP contribution in [0.3, 0.4) is 0 Å². The van der Waals surface area contributed by atoms with E-state index in [1.807, 2.05) is 0 Å². The lowest BCUT2D eigenvalue weighted by atomic mass is 10.0. The summed E-state index contributed by atoms with van der Waals surface area (Å²) in [5, 5.41) is 8.18. The molecule has 0 aromatic rings. The normalized spacial score (nSPS) is 32.0. The lowest BCUT2D eigenvalue weighted by molar-refractivity contribution is 0.290. The molecule has 3 atom stereocenters. The molecule has 84 valence electrons. The quantitative estimate of drug-likeness (QED) is 0.745. The predicted octanol–water partition coefficient (Wildman–Crippen LogP) is 0.285. The van der Waals surface area contributed by atoms with Gasteiger partial charge in [0.2, 0.25) is 10.0 Å². The highest BCUT2D eigenvalue weighted by Gasteiger charge is 2.36. The predicted molar refractivity (Wildman–Crippen MR) is 55.4 cm³/mol. The summed E-state index contributed by atoms with van der Waals surface area (Å²) in [4.78, 5) is 0. The van der Waals surface area contributed by atoms with Crippen molar-refractivity contribution in [1.29, 1.82) is 0 Å². The van der Waals surface area contributed by atoms with Gasteiger partial charge in [-0.15, -0.1) is 0 Å². The minimum absolute atomic E-state index is 0.304. The van der Waals surface area contributed by atoms with Crippen LogP contribution in [0.2, 0.25) is 0 Å². The van der Waals surface area contributed by atoms with E-state index in [1.54, 1.807) is 6.92 Å². The number of rotatable bonds is 3. The third-order valence-electron chi connectivity index (χ3n) is 3.08. The van der Waals surface area contributed by atoms with Gasteiger partial charge in [-0.25, -0.2) is 12.7 Å². The van der Waals surface area contributed by atoms with Gasteiger partial charge in [-0.05, 0) is 18.8 Å². The Morgan fingerprint density at radius 3 is 2.14 bits per heavy atom. The first-order valence-electron chi connectivity index (χ1n) is 4.99. The molecule has 0 amide bonds. The van der Waals surface area contributed by atoms with Crippen molar-refractivity contribution < 1.29 is 13.5 Å². The van der Waals surface area contributed by atoms with Crippen LogP contribution in [-0.4, -0.2) is 42.8 Å². The second-order valence-electron chi connectivity index (χ2n) is 4.31. The average molecular weight is 221 g/mol. The summed E-state index contributed by atoms with van der Waals surface area (Å²) in [5.74, 6) is 0.825. The van der Waals surface area contributed by atoms with Crippen LogP contribution in [-0.2, 0) is 10.0 Å². The maximum absolute atomic E-state index is 11.8. The summed E-state index contributed by atoms with van der Waals surface area (Å²) >= 11 is 0. The number of hydrogen-bond donors (Lipinski definition) is 1. The first-order chi connectivity index (χ1) is 6.39. The highest BCUT2D eigenvalue weighted by Crippen LogP contribution is 2.26. The monoisotopic (exact) mass is 221 g/mol. The van der Waals surface area contributed by atoms with E-state index in [9.17, 15) is 8.42 Å². The smallest absolute Gasteiger partial charge is 0.218 e. The zero-order valence-corrected chi connectivity index (χ0v) is 9.79. The van der Waals surface area contributed by atoms with Crippen molar-refractivity contribution in [2.75, 3.05) is 19.7 Å². The fraction of sp³-hybridized carbons (Fsp3) is 1.00. The number of sulfonamides is 1. The number of aliphatic hydroxyl groups is 1. The highest BCUT2D eigenvalue weighted by atomic mass is 32.2. The molecule has 14 heavy (non-hydrogen) atoms. The highest BCUT2D eigenvalue weighted by molar-refractivity contribution is 7.89. The van der Waals surface area contributed by atoms with Crippen LogP contribution in [0.5, 0.6) is 0 Å². The van der Waals surface area contributed by atoms with E-state index >= 15 is 0 Å². The Bertz CT molecular complexity index is 278. The maximum Gasteiger partial charge on any atom is 0.218 e. The van der Waals surface area contributed by atoms with E-state index in [4.69, 9.17) is 5.11 Å². The Morgan fingerprint density at radius 2 is 1.79 bits per heavy atom. The minimum Gasteiger partial charge on any atom is -0.395 e. The Morgan fingerprint density at radius 1 is 1.36 bits per heavy atom. The molecule has 0 aromatic carbocycles. The summed E-state index contributed by atoms with van der Waals surface area (Å²) in [7, 11) is -3.27. The van der Waals surface area contributed by atoms with Crippen LogP contribution in [0.4, 0.5) is 0 Å². The second-order valence-corrected chi connectivity index (χ2v) is 6.66. The summed E-state index contributed by atoms with van der Waals surface area (Å²) in [5.41, 5.74) is 0. The fourth-order valence-electron chi connectivity index (χ4n) is 1.63. The zero-order valence-electron chi connectivity index (χ0n) is 8.97. The summed E-state index contributed by atoms with van der Waals surface area (Å²) in [6.07, 6.45) is 0. The Hall–Kier alpha value is -0.130. The van der Waals surface area contributed by atoms with Crippen LogP contribution < -0.4 is 0 Å². The molecule has 0 aromatic heterocycles. The molecule has 1 rings (SSSR count). The number of hydrogen-bond acceptors (Lipinski definition) is 3. The van der Waals surface area contributed by atoms with Gasteiger partial charge in [0.1, 0.15) is 0 Å². The molecule has 0 radical (unpaired) electrons. The van der Waals surface area contributed by atoms with Crippen molar-refractivity contribution in [2.24, 2.45) is 11.8 Å². The van der Waals surface area contributed by atoms with Crippen molar-refractivity contribution in [3.8, 4) is 0 Å². The van der Waals surface area contributed by atoms with Gasteiger partial charge >= 0.3 is 0 Å². The van der Waals surface area contributed by atoms with E-state index in [0.717, 1.165) is 0 Å². The summed E-state index contributed by atoms with van der Waals surface area (Å²) in [6.45, 7) is 6.54. The summed E-state index contributed by atoms with van der Waals surface area (Å²) < 4.78 is 25.1. The van der Waals surface area contributed by atoms with E-state index < -0.39 is 15.3 Å². The lowest BCUT2D eigenvalue weighted by Gasteiger charge is -2.19. The molecule has 1 fully saturated rings. The van der Waals surface area contributed by atoms with Gasteiger partial charge in [0.05, 0.1) is 11.9 Å². The second kappa shape index (κ2) is 4.16. The number of aliphatic hydroxyl groups excluding tert-OH is 1. The van der Waals surface area contributed by atoms with Gasteiger partial charge in [-0.1, -0.05) is 13.8 Å². The Labute approximate surface area is 86.0 Å². The molecule has 1 N–H and O–H groups in total. The van der Waals surface area contributed by atoms with Crippen molar-refractivity contribution in [2.45, 2.75) is 26.0 Å². The molecule has 3 unspecified atom stereocenters.